The molecule has 0 radical (unpaired) electrons. The Morgan fingerprint density at radius 1 is 1.05 bits per heavy atom. The molecule has 0 atom stereocenters. The van der Waals surface area contributed by atoms with E-state index in [0.29, 0.717) is 24.1 Å². The number of anilines is 1. The van der Waals surface area contributed by atoms with Crippen LogP contribution in [0.4, 0.5) is 10.7 Å². The molecular weight excluding hydrogens is 542 g/mol. The predicted octanol–water partition coefficient (Wildman–Crippen LogP) is 4.99. The minimum Gasteiger partial charge on any atom is -0.444 e. The van der Waals surface area contributed by atoms with Gasteiger partial charge in [-0.05, 0) is 82.9 Å². The smallest absolute Gasteiger partial charge is 0.407 e. The average Bonchev–Trinajstić information content (AvgIpc) is 2.96. The maximum absolute atomic E-state index is 14.2. The molecule has 0 bridgehead atoms. The number of likely N-dealkylation sites (N-methyl/N-ethyl adjacent to an activating group) is 1. The van der Waals surface area contributed by atoms with Crippen LogP contribution in [-0.2, 0) is 17.8 Å². The zero-order chi connectivity index (χ0) is 30.6. The van der Waals surface area contributed by atoms with Crippen LogP contribution in [0.15, 0.2) is 29.2 Å². The van der Waals surface area contributed by atoms with Crippen LogP contribution in [0.5, 0.6) is 0 Å². The van der Waals surface area contributed by atoms with Gasteiger partial charge < -0.3 is 20.3 Å². The highest BCUT2D eigenvalue weighted by Crippen LogP contribution is 2.29. The van der Waals surface area contributed by atoms with Crippen LogP contribution >= 0.6 is 0 Å². The van der Waals surface area contributed by atoms with Gasteiger partial charge in [-0.25, -0.2) is 9.78 Å². The zero-order valence-electron chi connectivity index (χ0n) is 26.6. The number of unbranched alkanes of at least 4 members (excludes halogenated alkanes) is 1. The number of hydrogen-bond acceptors (Lipinski definition) is 8. The normalized spacial score (nSPS) is 20.4. The molecule has 2 aromatic heterocycles. The number of fused-ring (bicyclic) bond motifs is 3. The number of carbonyl (C=O) groups is 1. The van der Waals surface area contributed by atoms with Crippen molar-refractivity contribution in [2.24, 2.45) is 5.92 Å². The number of aromatic nitrogens is 3. The molecule has 1 amide bonds. The second-order valence-electron chi connectivity index (χ2n) is 13.5. The van der Waals surface area contributed by atoms with E-state index >= 15 is 0 Å². The van der Waals surface area contributed by atoms with E-state index in [1.807, 2.05) is 31.5 Å². The van der Waals surface area contributed by atoms with Crippen LogP contribution in [0.2, 0.25) is 0 Å². The maximum atomic E-state index is 14.2. The van der Waals surface area contributed by atoms with E-state index in [2.05, 4.69) is 57.6 Å². The first-order chi connectivity index (χ1) is 20.6. The summed E-state index contributed by atoms with van der Waals surface area (Å²) in [6, 6.07) is 6.40. The lowest BCUT2D eigenvalue weighted by Gasteiger charge is -2.32. The highest BCUT2D eigenvalue weighted by atomic mass is 16.6. The Balaban J connectivity index is 1.40. The van der Waals surface area contributed by atoms with Crippen molar-refractivity contribution < 1.29 is 9.53 Å². The average molecular weight is 592 g/mol. The molecular formula is C33H49N7O3. The summed E-state index contributed by atoms with van der Waals surface area (Å²) in [4.78, 5) is 40.8. The lowest BCUT2D eigenvalue weighted by Crippen LogP contribution is -2.43. The predicted molar refractivity (Wildman–Crippen MR) is 173 cm³/mol. The van der Waals surface area contributed by atoms with E-state index in [4.69, 9.17) is 9.72 Å². The number of pyridine rings is 1. The number of benzene rings is 1. The van der Waals surface area contributed by atoms with Crippen LogP contribution in [0.1, 0.15) is 71.8 Å². The van der Waals surface area contributed by atoms with E-state index in [-0.39, 0.29) is 17.7 Å². The third kappa shape index (κ3) is 8.03. The fourth-order valence-electron chi connectivity index (χ4n) is 6.23. The lowest BCUT2D eigenvalue weighted by molar-refractivity contribution is 0.0486. The summed E-state index contributed by atoms with van der Waals surface area (Å²) in [5.74, 6) is 0.875. The largest absolute Gasteiger partial charge is 0.444 e. The Kier molecular flexibility index (Phi) is 9.86. The molecule has 1 aromatic carbocycles. The summed E-state index contributed by atoms with van der Waals surface area (Å²) < 4.78 is 7.34. The molecule has 1 saturated carbocycles. The van der Waals surface area contributed by atoms with E-state index < -0.39 is 5.60 Å². The van der Waals surface area contributed by atoms with Crippen LogP contribution in [0.25, 0.3) is 21.8 Å². The molecule has 2 fully saturated rings. The van der Waals surface area contributed by atoms with Crippen molar-refractivity contribution in [3.63, 3.8) is 0 Å². The van der Waals surface area contributed by atoms with Crippen LogP contribution in [0, 0.1) is 5.92 Å². The third-order valence-electron chi connectivity index (χ3n) is 8.70. The summed E-state index contributed by atoms with van der Waals surface area (Å²) >= 11 is 0. The molecule has 3 heterocycles. The monoisotopic (exact) mass is 591 g/mol. The number of piperazine rings is 1. The van der Waals surface area contributed by atoms with Crippen LogP contribution in [0.3, 0.4) is 0 Å². The summed E-state index contributed by atoms with van der Waals surface area (Å²) in [7, 11) is 2.16. The number of hydrogen-bond donors (Lipinski definition) is 2. The first kappa shape index (κ1) is 31.2. The summed E-state index contributed by atoms with van der Waals surface area (Å²) in [5.41, 5.74) is 1.34. The highest BCUT2D eigenvalue weighted by molar-refractivity contribution is 6.04. The first-order valence-corrected chi connectivity index (χ1v) is 16.1. The Morgan fingerprint density at radius 2 is 1.79 bits per heavy atom. The molecule has 10 nitrogen and oxygen atoms in total. The van der Waals surface area contributed by atoms with Crippen molar-refractivity contribution >= 4 is 33.8 Å². The molecule has 234 valence electrons. The second-order valence-corrected chi connectivity index (χ2v) is 13.5. The quantitative estimate of drug-likeness (QED) is 0.265. The van der Waals surface area contributed by atoms with Gasteiger partial charge in [0.25, 0.3) is 5.56 Å². The number of rotatable bonds is 9. The molecule has 1 saturated heterocycles. The molecule has 10 heteroatoms. The minimum atomic E-state index is -0.518. The second kappa shape index (κ2) is 13.6. The Hall–Kier alpha value is -3.24. The van der Waals surface area contributed by atoms with Gasteiger partial charge in [0.2, 0.25) is 5.95 Å². The molecule has 3 aromatic rings. The van der Waals surface area contributed by atoms with Crippen molar-refractivity contribution in [2.45, 2.75) is 91.0 Å². The van der Waals surface area contributed by atoms with Gasteiger partial charge in [0, 0.05) is 68.8 Å². The van der Waals surface area contributed by atoms with E-state index in [1.54, 1.807) is 0 Å². The molecule has 0 unspecified atom stereocenters. The van der Waals surface area contributed by atoms with E-state index in [0.717, 1.165) is 99.5 Å². The van der Waals surface area contributed by atoms with Gasteiger partial charge in [-0.15, -0.1) is 0 Å². The third-order valence-corrected chi connectivity index (χ3v) is 8.70. The molecule has 2 aliphatic rings. The number of amides is 1. The van der Waals surface area contributed by atoms with Gasteiger partial charge in [-0.2, -0.15) is 4.98 Å². The van der Waals surface area contributed by atoms with Crippen LogP contribution < -0.4 is 16.2 Å². The molecule has 2 N–H and O–H groups in total. The molecule has 5 rings (SSSR count). The zero-order valence-corrected chi connectivity index (χ0v) is 26.6. The summed E-state index contributed by atoms with van der Waals surface area (Å²) in [6.07, 6.45) is 7.18. The standard InChI is InChI=1S/C33H49N7O3/c1-6-7-14-34-31-35-20-28-26-13-10-24(21-39-17-15-38(5)16-18-39)19-27(26)30(41)40(29(28)37-31)22-23-8-11-25(12-9-23)36-32(42)43-33(2,3)4/h10,13,19-20,23,25H,6-9,11-12,14-18,21-22H2,1-5H3,(H,36,42)(H,34,35,37). The van der Waals surface area contributed by atoms with Gasteiger partial charge in [-0.3, -0.25) is 14.3 Å². The number of alkyl carbamates (subject to hydrolysis) is 1. The van der Waals surface area contributed by atoms with Gasteiger partial charge >= 0.3 is 6.09 Å². The lowest BCUT2D eigenvalue weighted by atomic mass is 9.86. The first-order valence-electron chi connectivity index (χ1n) is 16.1. The van der Waals surface area contributed by atoms with Crippen molar-refractivity contribution in [1.82, 2.24) is 29.7 Å². The maximum Gasteiger partial charge on any atom is 0.407 e. The fourth-order valence-corrected chi connectivity index (χ4v) is 6.23. The molecule has 43 heavy (non-hydrogen) atoms. The van der Waals surface area contributed by atoms with Crippen LogP contribution in [-0.4, -0.2) is 81.8 Å². The van der Waals surface area contributed by atoms with Crippen molar-refractivity contribution in [3.8, 4) is 0 Å². The number of ether oxygens (including phenoxy) is 1. The number of nitrogens with zero attached hydrogens (tertiary/aromatic N) is 5. The Morgan fingerprint density at radius 3 is 2.49 bits per heavy atom. The van der Waals surface area contributed by atoms with Gasteiger partial charge in [-0.1, -0.05) is 25.5 Å². The van der Waals surface area contributed by atoms with E-state index in [9.17, 15) is 9.59 Å². The fraction of sp³-hybridized carbons (Fsp3) is 0.636. The number of carbonyl (C=O) groups excluding carboxylic acids is 1. The van der Waals surface area contributed by atoms with Gasteiger partial charge in [0.15, 0.2) is 0 Å². The summed E-state index contributed by atoms with van der Waals surface area (Å²) in [6.45, 7) is 14.2. The topological polar surface area (TPSA) is 105 Å². The Bertz CT molecular complexity index is 1470. The SMILES string of the molecule is CCCCNc1ncc2c3ccc(CN4CCN(C)CC4)cc3c(=O)n(CC3CCC(NC(=O)OC(C)(C)C)CC3)c2n1. The van der Waals surface area contributed by atoms with Crippen molar-refractivity contribution in [1.29, 1.82) is 0 Å². The van der Waals surface area contributed by atoms with Crippen molar-refractivity contribution in [2.75, 3.05) is 45.1 Å². The molecule has 0 spiro atoms. The van der Waals surface area contributed by atoms with E-state index in [1.165, 1.54) is 0 Å². The highest BCUT2D eigenvalue weighted by Gasteiger charge is 2.26. The minimum absolute atomic E-state index is 0.00920. The van der Waals surface area contributed by atoms with Gasteiger partial charge in [0.05, 0.1) is 0 Å². The Labute approximate surface area is 255 Å². The summed E-state index contributed by atoms with van der Waals surface area (Å²) in [5, 5.41) is 8.91. The molecule has 1 aliphatic carbocycles. The van der Waals surface area contributed by atoms with Gasteiger partial charge in [0.1, 0.15) is 11.2 Å². The molecule has 1 aliphatic heterocycles. The number of nitrogens with one attached hydrogen (secondary N) is 2. The van der Waals surface area contributed by atoms with Crippen molar-refractivity contribution in [3.05, 3.63) is 40.3 Å².